The van der Waals surface area contributed by atoms with Crippen LogP contribution >= 0.6 is 27.5 Å². The highest BCUT2D eigenvalue weighted by molar-refractivity contribution is 9.09. The third-order valence-corrected chi connectivity index (χ3v) is 23.0. The van der Waals surface area contributed by atoms with Crippen molar-refractivity contribution in [2.45, 2.75) is 139 Å². The Morgan fingerprint density at radius 1 is 0.389 bits per heavy atom. The summed E-state index contributed by atoms with van der Waals surface area (Å²) in [5, 5.41) is 78.4. The molecule has 20 rings (SSSR count). The Morgan fingerprint density at radius 2 is 0.691 bits per heavy atom. The molecule has 0 aliphatic carbocycles. The van der Waals surface area contributed by atoms with E-state index in [2.05, 4.69) is 130 Å². The second-order valence-electron chi connectivity index (χ2n) is 34.3. The molecule has 14 N–H and O–H groups in total. The van der Waals surface area contributed by atoms with Crippen LogP contribution in [0, 0.1) is 0 Å². The Hall–Kier alpha value is -17.8. The number of alkyl halides is 1. The predicted molar refractivity (Wildman–Crippen MR) is 558 cm³/mol. The van der Waals surface area contributed by atoms with Gasteiger partial charge in [0, 0.05) is 66.0 Å². The van der Waals surface area contributed by atoms with Crippen LogP contribution in [0.4, 0.5) is 44.4 Å². The molecule has 0 atom stereocenters. The number of halogens is 2. The largest absolute Gasteiger partial charge is 0.504 e. The number of nitrogens with zero attached hydrogens (tertiary/aromatic N) is 25. The van der Waals surface area contributed by atoms with Gasteiger partial charge in [0.05, 0.1) is 67.0 Å². The number of carbonyl (C=O) groups excluding carboxylic acids is 2. The van der Waals surface area contributed by atoms with E-state index in [0.717, 1.165) is 93.6 Å². The summed E-state index contributed by atoms with van der Waals surface area (Å²) in [5.41, 5.74) is 38.2. The highest BCUT2D eigenvalue weighted by Crippen LogP contribution is 2.44. The summed E-state index contributed by atoms with van der Waals surface area (Å²) in [7, 11) is 0. The second-order valence-corrected chi connectivity index (χ2v) is 35.6. The van der Waals surface area contributed by atoms with Crippen LogP contribution in [-0.4, -0.2) is 203 Å². The number of anilines is 6. The number of aromatic nitrogens is 25. The summed E-state index contributed by atoms with van der Waals surface area (Å²) in [4.78, 5) is 69.6. The van der Waals surface area contributed by atoms with Crippen molar-refractivity contribution in [3.63, 3.8) is 0 Å². The quantitative estimate of drug-likeness (QED) is 0.00942. The van der Waals surface area contributed by atoms with E-state index in [0.29, 0.717) is 154 Å². The van der Waals surface area contributed by atoms with Gasteiger partial charge in [0.1, 0.15) is 66.4 Å². The van der Waals surface area contributed by atoms with Crippen LogP contribution in [0.2, 0.25) is 5.15 Å². The molecule has 0 fully saturated rings. The Labute approximate surface area is 864 Å². The molecule has 15 aromatic heterocycles. The van der Waals surface area contributed by atoms with Gasteiger partial charge in [-0.2, -0.15) is 8.42 Å². The van der Waals surface area contributed by atoms with Crippen LogP contribution in [0.1, 0.15) is 94.6 Å². The normalized spacial score (nSPS) is 11.3. The van der Waals surface area contributed by atoms with E-state index >= 15 is 0 Å². The maximum atomic E-state index is 12.2. The van der Waals surface area contributed by atoms with E-state index in [4.69, 9.17) is 100 Å². The monoisotopic (exact) mass is 2130 g/mol. The van der Waals surface area contributed by atoms with Crippen LogP contribution in [0.25, 0.3) is 158 Å². The lowest BCUT2D eigenvalue weighted by Gasteiger charge is -2.19. The average Bonchev–Trinajstić information content (AvgIpc) is 1.59. The number of aromatic hydroxyl groups is 3. The molecule has 0 spiro atoms. The van der Waals surface area contributed by atoms with Gasteiger partial charge < -0.3 is 85.4 Å². The van der Waals surface area contributed by atoms with Crippen molar-refractivity contribution in [2.75, 3.05) is 65.2 Å². The molecule has 0 aliphatic heterocycles. The standard InChI is InChI=1S/C27H30N8O2.C21H22N6O4.C19H19BrN6O2.C16H14N6O2.C15H17ClN6O4.O2S/c1-2-35-25-21(36-16-6-14-30-15-13-18-9-11-20(28)12-10-18)17-31-22(19-7-4-3-5-8-19)23(25)32-27(35)24-26(29)34-37-33-24;1-5-27-17-13(28)11-22-14(12-9-7-6-8-10-12)15(17)23-19(27)16-18(26-31-25-16)24-20(29)30-21(2,3)4;1-2-26-17-13(27-10-6-9-20)11-22-14(12-7-4-3-5-8-12)15(17)23-19(26)16-18(21)25-28-24-16;1-2-22-14-10(23)8-18-11(9-6-4-3-5-7-9)12(14)19-16(22)13-15(17)21-24-20-13;1-5-22-10-7(23)6-17-11(16)8(10)18-13(22)9-12(21-26-20-9)19-14(24)25-15(2,3)4;1-3-2/h3-5,7-12,17,30H,2,6,13-16,28H2,1H3,(H2,29,34);6-11,28H,5H2,1-4H3,(H,24,26,29);3-5,7-8,11H,2,6,9-10H2,1H3,(H2,21,25);3-8,23H,2H2,1H3,(H2,17,21);6,23H,5H2,1-4H3,(H,19,21,24);. The molecular weight excluding hydrogens is 2030 g/mol. The fourth-order valence-corrected chi connectivity index (χ4v) is 16.2. The molecule has 20 aromatic rings. The van der Waals surface area contributed by atoms with Gasteiger partial charge >= 0.3 is 23.8 Å². The van der Waals surface area contributed by atoms with Crippen LogP contribution in [0.5, 0.6) is 28.7 Å². The number of amides is 2. The Kier molecular flexibility index (Phi) is 33.8. The minimum atomic E-state index is -0.750. The predicted octanol–water partition coefficient (Wildman–Crippen LogP) is 17.1. The molecule has 2 amide bonds. The molecule has 51 heteroatoms. The molecule has 0 saturated carbocycles. The van der Waals surface area contributed by atoms with Crippen molar-refractivity contribution in [3.05, 3.63) is 187 Å². The van der Waals surface area contributed by atoms with Crippen molar-refractivity contribution >= 4 is 141 Å². The van der Waals surface area contributed by atoms with Crippen LogP contribution in [0.3, 0.4) is 0 Å². The highest BCUT2D eigenvalue weighted by Gasteiger charge is 2.33. The third kappa shape index (κ3) is 24.1. The van der Waals surface area contributed by atoms with Gasteiger partial charge in [-0.15, -0.1) is 0 Å². The van der Waals surface area contributed by atoms with Crippen molar-refractivity contribution in [3.8, 4) is 131 Å². The van der Waals surface area contributed by atoms with Gasteiger partial charge in [-0.25, -0.2) is 82.6 Å². The molecule has 770 valence electrons. The average molecular weight is 2130 g/mol. The van der Waals surface area contributed by atoms with E-state index in [-0.39, 0.29) is 62.9 Å². The Bertz CT molecular complexity index is 8060. The first-order chi connectivity index (χ1) is 72.0. The summed E-state index contributed by atoms with van der Waals surface area (Å²) >= 11 is 8.76. The fourth-order valence-electron chi connectivity index (χ4n) is 15.8. The van der Waals surface area contributed by atoms with Crippen LogP contribution in [0.15, 0.2) is 200 Å². The Morgan fingerprint density at radius 3 is 1.03 bits per heavy atom. The van der Waals surface area contributed by atoms with Gasteiger partial charge in [0.15, 0.2) is 109 Å². The number of benzene rings is 5. The summed E-state index contributed by atoms with van der Waals surface area (Å²) in [6.45, 7) is 25.8. The minimum Gasteiger partial charge on any atom is -0.504 e. The number of hydrogen-bond acceptors (Lipinski definition) is 41. The highest BCUT2D eigenvalue weighted by atomic mass is 79.9. The zero-order chi connectivity index (χ0) is 106. The number of nitrogen functional groups attached to an aromatic ring is 4. The lowest BCUT2D eigenvalue weighted by molar-refractivity contribution is 0.0623. The zero-order valence-electron chi connectivity index (χ0n) is 82.2. The number of rotatable bonds is 28. The molecule has 0 aliphatic rings. The molecule has 15 heterocycles. The number of aryl methyl sites for hydroxylation is 5. The first-order valence-corrected chi connectivity index (χ1v) is 48.8. The van der Waals surface area contributed by atoms with Crippen molar-refractivity contribution in [1.82, 2.24) is 130 Å². The first kappa shape index (κ1) is 105. The molecule has 0 unspecified atom stereocenters. The molecule has 149 heavy (non-hydrogen) atoms. The van der Waals surface area contributed by atoms with Gasteiger partial charge in [-0.3, -0.25) is 10.6 Å². The maximum Gasteiger partial charge on any atom is 0.413 e. The number of fused-ring (bicyclic) bond motifs is 5. The van der Waals surface area contributed by atoms with Gasteiger partial charge in [-0.05, 0) is 178 Å². The number of ether oxygens (including phenoxy) is 4. The lowest BCUT2D eigenvalue weighted by atomic mass is 10.1. The number of imidazole rings is 5. The molecule has 48 nitrogen and oxygen atoms in total. The summed E-state index contributed by atoms with van der Waals surface area (Å²) in [5.74, 6) is 4.19. The second kappa shape index (κ2) is 47.8. The minimum absolute atomic E-state index is 0.0200. The lowest BCUT2D eigenvalue weighted by Crippen LogP contribution is -2.27. The molecule has 0 radical (unpaired) electrons. The number of nitrogens with one attached hydrogen (secondary N) is 3. The number of hydrogen-bond donors (Lipinski definition) is 10. The zero-order valence-corrected chi connectivity index (χ0v) is 85.4. The van der Waals surface area contributed by atoms with Crippen LogP contribution in [-0.2, 0) is 60.2 Å². The topological polar surface area (TPSA) is 654 Å². The summed E-state index contributed by atoms with van der Waals surface area (Å²) < 4.78 is 72.5. The van der Waals surface area contributed by atoms with Gasteiger partial charge in [0.2, 0.25) is 11.6 Å². The number of carbonyl (C=O) groups is 2. The smallest absolute Gasteiger partial charge is 0.413 e. The number of pyridine rings is 5. The van der Waals surface area contributed by atoms with Crippen molar-refractivity contribution < 1.29 is 75.4 Å². The maximum absolute atomic E-state index is 12.2. The third-order valence-electron chi connectivity index (χ3n) is 22.1. The van der Waals surface area contributed by atoms with E-state index in [1.165, 1.54) is 24.2 Å². The summed E-state index contributed by atoms with van der Waals surface area (Å²) in [6, 6.07) is 47.0. The van der Waals surface area contributed by atoms with E-state index < -0.39 is 35.0 Å². The van der Waals surface area contributed by atoms with E-state index in [1.807, 2.05) is 182 Å². The van der Waals surface area contributed by atoms with Crippen molar-refractivity contribution in [1.29, 1.82) is 0 Å². The van der Waals surface area contributed by atoms with Gasteiger partial charge in [-0.1, -0.05) is 161 Å². The molecule has 0 bridgehead atoms. The van der Waals surface area contributed by atoms with Crippen molar-refractivity contribution in [2.24, 2.45) is 0 Å². The first-order valence-electron chi connectivity index (χ1n) is 46.6. The van der Waals surface area contributed by atoms with Gasteiger partial charge in [0.25, 0.3) is 0 Å². The van der Waals surface area contributed by atoms with E-state index in [9.17, 15) is 24.9 Å². The molecular formula is C98H102BrClN32O16S. The Balaban J connectivity index is 0.000000139. The SMILES string of the molecule is CCn1c(-c2nonc2N)nc2c(-c3ccccc3)ncc(O)c21.CCn1c(-c2nonc2N)nc2c(-c3ccccc3)ncc(OCCCBr)c21.CCn1c(-c2nonc2N)nc2c(-c3ccccc3)ncc(OCCCNCCc3ccc(N)cc3)c21.CCn1c(-c2nonc2NC(=O)OC(C)(C)C)nc2c(-c3ccccc3)ncc(O)c21.CCn1c(-c2nonc2NC(=O)OC(C)(C)C)nc2c(Cl)ncc(O)c21.O=S=O. The molecule has 0 saturated heterocycles. The summed E-state index contributed by atoms with van der Waals surface area (Å²) in [6.07, 6.45) is 8.84. The van der Waals surface area contributed by atoms with Crippen LogP contribution < -0.4 is 48.4 Å². The van der Waals surface area contributed by atoms with E-state index in [1.54, 1.807) is 63.1 Å². The molecule has 5 aromatic carbocycles. The fraction of sp³-hybridized carbons (Fsp3) is 0.265. The number of nitrogens with two attached hydrogens (primary N) is 4.